The summed E-state index contributed by atoms with van der Waals surface area (Å²) in [5, 5.41) is 0.931. The standard InChI is InChI=1S/C21H28N4O2/c1-23(2)20-15-18(17-5-3-4-6-19(17)22-20)21(26)25-11-9-24(10-12-25)16-7-13-27-14-8-16/h3-6,15-16H,7-14H2,1-2H3. The van der Waals surface area contributed by atoms with Crippen LogP contribution in [0.3, 0.4) is 0 Å². The number of pyridine rings is 1. The van der Waals surface area contributed by atoms with Gasteiger partial charge in [0.2, 0.25) is 0 Å². The van der Waals surface area contributed by atoms with Crippen molar-refractivity contribution in [2.45, 2.75) is 18.9 Å². The van der Waals surface area contributed by atoms with Crippen molar-refractivity contribution < 1.29 is 9.53 Å². The smallest absolute Gasteiger partial charge is 0.254 e. The molecule has 6 heteroatoms. The summed E-state index contributed by atoms with van der Waals surface area (Å²) < 4.78 is 5.48. The van der Waals surface area contributed by atoms with Crippen LogP contribution in [-0.4, -0.2) is 80.2 Å². The molecule has 0 radical (unpaired) electrons. The van der Waals surface area contributed by atoms with E-state index >= 15 is 0 Å². The summed E-state index contributed by atoms with van der Waals surface area (Å²) in [6.07, 6.45) is 2.21. The zero-order valence-electron chi connectivity index (χ0n) is 16.2. The molecule has 0 aliphatic carbocycles. The predicted molar refractivity (Wildman–Crippen MR) is 107 cm³/mol. The van der Waals surface area contributed by atoms with Crippen LogP contribution in [0.25, 0.3) is 10.9 Å². The normalized spacial score (nSPS) is 19.4. The number of nitrogens with zero attached hydrogens (tertiary/aromatic N) is 4. The molecule has 27 heavy (non-hydrogen) atoms. The van der Waals surface area contributed by atoms with Crippen LogP contribution in [0.15, 0.2) is 30.3 Å². The summed E-state index contributed by atoms with van der Waals surface area (Å²) in [6, 6.07) is 10.4. The van der Waals surface area contributed by atoms with Crippen LogP contribution in [0.2, 0.25) is 0 Å². The van der Waals surface area contributed by atoms with Gasteiger partial charge in [-0.15, -0.1) is 0 Å². The molecule has 4 rings (SSSR count). The maximum atomic E-state index is 13.3. The highest BCUT2D eigenvalue weighted by Crippen LogP contribution is 2.24. The van der Waals surface area contributed by atoms with E-state index in [0.717, 1.165) is 74.5 Å². The first kappa shape index (κ1) is 18.2. The Morgan fingerprint density at radius 3 is 2.52 bits per heavy atom. The highest BCUT2D eigenvalue weighted by atomic mass is 16.5. The number of piperazine rings is 1. The van der Waals surface area contributed by atoms with Gasteiger partial charge in [0.05, 0.1) is 11.1 Å². The Morgan fingerprint density at radius 1 is 1.11 bits per heavy atom. The van der Waals surface area contributed by atoms with Crippen molar-refractivity contribution in [2.24, 2.45) is 0 Å². The zero-order valence-corrected chi connectivity index (χ0v) is 16.2. The van der Waals surface area contributed by atoms with Gasteiger partial charge in [0.15, 0.2) is 0 Å². The fourth-order valence-electron chi connectivity index (χ4n) is 4.08. The van der Waals surface area contributed by atoms with Gasteiger partial charge in [-0.05, 0) is 25.0 Å². The Hall–Kier alpha value is -2.18. The first-order chi connectivity index (χ1) is 13.1. The van der Waals surface area contributed by atoms with Crippen molar-refractivity contribution in [3.8, 4) is 0 Å². The number of fused-ring (bicyclic) bond motifs is 1. The van der Waals surface area contributed by atoms with E-state index in [2.05, 4.69) is 9.88 Å². The summed E-state index contributed by atoms with van der Waals surface area (Å²) >= 11 is 0. The molecule has 2 aliphatic rings. The second-order valence-electron chi connectivity index (χ2n) is 7.61. The van der Waals surface area contributed by atoms with Crippen LogP contribution in [-0.2, 0) is 4.74 Å². The van der Waals surface area contributed by atoms with Crippen LogP contribution in [0.1, 0.15) is 23.2 Å². The number of rotatable bonds is 3. The maximum Gasteiger partial charge on any atom is 0.254 e. The maximum absolute atomic E-state index is 13.3. The van der Waals surface area contributed by atoms with E-state index in [-0.39, 0.29) is 5.91 Å². The van der Waals surface area contributed by atoms with Gasteiger partial charge in [0, 0.05) is 64.9 Å². The Labute approximate surface area is 160 Å². The molecule has 3 heterocycles. The zero-order chi connectivity index (χ0) is 18.8. The number of anilines is 1. The third-order valence-electron chi connectivity index (χ3n) is 5.70. The van der Waals surface area contributed by atoms with Gasteiger partial charge in [0.25, 0.3) is 5.91 Å². The fraction of sp³-hybridized carbons (Fsp3) is 0.524. The number of carbonyl (C=O) groups is 1. The summed E-state index contributed by atoms with van der Waals surface area (Å²) in [6.45, 7) is 5.18. The molecule has 1 amide bonds. The predicted octanol–water partition coefficient (Wildman–Crippen LogP) is 2.24. The van der Waals surface area contributed by atoms with E-state index in [4.69, 9.17) is 4.74 Å². The number of hydrogen-bond donors (Lipinski definition) is 0. The van der Waals surface area contributed by atoms with Crippen molar-refractivity contribution >= 4 is 22.6 Å². The lowest BCUT2D eigenvalue weighted by molar-refractivity contribution is 0.0138. The lowest BCUT2D eigenvalue weighted by Gasteiger charge is -2.40. The Balaban J connectivity index is 1.53. The van der Waals surface area contributed by atoms with E-state index in [9.17, 15) is 4.79 Å². The minimum Gasteiger partial charge on any atom is -0.381 e. The molecular formula is C21H28N4O2. The number of benzene rings is 1. The number of ether oxygens (including phenoxy) is 1. The Bertz CT molecular complexity index is 809. The molecule has 0 spiro atoms. The van der Waals surface area contributed by atoms with Crippen molar-refractivity contribution in [3.63, 3.8) is 0 Å². The van der Waals surface area contributed by atoms with Crippen LogP contribution in [0, 0.1) is 0 Å². The van der Waals surface area contributed by atoms with Gasteiger partial charge in [-0.3, -0.25) is 9.69 Å². The molecule has 2 aliphatic heterocycles. The third-order valence-corrected chi connectivity index (χ3v) is 5.70. The van der Waals surface area contributed by atoms with E-state index in [1.165, 1.54) is 0 Å². The van der Waals surface area contributed by atoms with Crippen LogP contribution in [0.5, 0.6) is 0 Å². The van der Waals surface area contributed by atoms with Crippen molar-refractivity contribution in [3.05, 3.63) is 35.9 Å². The van der Waals surface area contributed by atoms with Crippen LogP contribution in [0.4, 0.5) is 5.82 Å². The minimum atomic E-state index is 0.114. The van der Waals surface area contributed by atoms with E-state index in [0.29, 0.717) is 6.04 Å². The highest BCUT2D eigenvalue weighted by Gasteiger charge is 2.28. The van der Waals surface area contributed by atoms with Crippen LogP contribution < -0.4 is 4.90 Å². The molecule has 2 aromatic rings. The molecule has 2 saturated heterocycles. The highest BCUT2D eigenvalue weighted by molar-refractivity contribution is 6.07. The van der Waals surface area contributed by atoms with E-state index in [1.54, 1.807) is 0 Å². The average molecular weight is 368 g/mol. The number of para-hydroxylation sites is 1. The van der Waals surface area contributed by atoms with Crippen LogP contribution >= 0.6 is 0 Å². The molecule has 0 atom stereocenters. The topological polar surface area (TPSA) is 48.9 Å². The molecule has 0 bridgehead atoms. The van der Waals surface area contributed by atoms with Crippen molar-refractivity contribution in [2.75, 3.05) is 58.4 Å². The quantitative estimate of drug-likeness (QED) is 0.832. The second kappa shape index (κ2) is 7.82. The van der Waals surface area contributed by atoms with Gasteiger partial charge < -0.3 is 14.5 Å². The molecule has 0 saturated carbocycles. The SMILES string of the molecule is CN(C)c1cc(C(=O)N2CCN(C3CCOCC3)CC2)c2ccccc2n1. The number of aromatic nitrogens is 1. The largest absolute Gasteiger partial charge is 0.381 e. The number of hydrogen-bond acceptors (Lipinski definition) is 5. The molecule has 2 fully saturated rings. The molecule has 6 nitrogen and oxygen atoms in total. The average Bonchev–Trinajstić information content (AvgIpc) is 2.73. The monoisotopic (exact) mass is 368 g/mol. The van der Waals surface area contributed by atoms with Crippen molar-refractivity contribution in [1.29, 1.82) is 0 Å². The molecule has 0 N–H and O–H groups in total. The minimum absolute atomic E-state index is 0.114. The van der Waals surface area contributed by atoms with Gasteiger partial charge in [0.1, 0.15) is 5.82 Å². The summed E-state index contributed by atoms with van der Waals surface area (Å²) in [4.78, 5) is 24.5. The molecule has 0 unspecified atom stereocenters. The molecule has 1 aromatic carbocycles. The summed E-state index contributed by atoms with van der Waals surface area (Å²) in [7, 11) is 3.91. The fourth-order valence-corrected chi connectivity index (χ4v) is 4.08. The first-order valence-corrected chi connectivity index (χ1v) is 9.81. The lowest BCUT2D eigenvalue weighted by Crippen LogP contribution is -2.53. The molecular weight excluding hydrogens is 340 g/mol. The van der Waals surface area contributed by atoms with Crippen molar-refractivity contribution in [1.82, 2.24) is 14.8 Å². The molecule has 144 valence electrons. The summed E-state index contributed by atoms with van der Waals surface area (Å²) in [5.74, 6) is 0.932. The second-order valence-corrected chi connectivity index (χ2v) is 7.61. The van der Waals surface area contributed by atoms with E-state index < -0.39 is 0 Å². The summed E-state index contributed by atoms with van der Waals surface area (Å²) in [5.41, 5.74) is 1.62. The molecule has 1 aromatic heterocycles. The van der Waals surface area contributed by atoms with Gasteiger partial charge in [-0.2, -0.15) is 0 Å². The first-order valence-electron chi connectivity index (χ1n) is 9.81. The van der Waals surface area contributed by atoms with Gasteiger partial charge >= 0.3 is 0 Å². The lowest BCUT2D eigenvalue weighted by atomic mass is 10.0. The number of carbonyl (C=O) groups excluding carboxylic acids is 1. The number of amides is 1. The third kappa shape index (κ3) is 3.77. The van der Waals surface area contributed by atoms with E-state index in [1.807, 2.05) is 54.2 Å². The van der Waals surface area contributed by atoms with Gasteiger partial charge in [-0.1, -0.05) is 18.2 Å². The van der Waals surface area contributed by atoms with Gasteiger partial charge in [-0.25, -0.2) is 4.98 Å². The Kier molecular flexibility index (Phi) is 5.27. The Morgan fingerprint density at radius 2 is 1.81 bits per heavy atom.